The molecule has 3 rings (SSSR count). The molecule has 2 heterocycles. The summed E-state index contributed by atoms with van der Waals surface area (Å²) in [4.78, 5) is 12.7. The number of benzene rings is 1. The molecule has 1 fully saturated rings. The summed E-state index contributed by atoms with van der Waals surface area (Å²) >= 11 is 8.83. The van der Waals surface area contributed by atoms with Crippen LogP contribution in [0.15, 0.2) is 40.1 Å². The highest BCUT2D eigenvalue weighted by atomic mass is 35.5. The van der Waals surface area contributed by atoms with Gasteiger partial charge >= 0.3 is 0 Å². The Labute approximate surface area is 177 Å². The van der Waals surface area contributed by atoms with Gasteiger partial charge in [0.25, 0.3) is 5.91 Å². The molecule has 150 valence electrons. The van der Waals surface area contributed by atoms with E-state index in [1.54, 1.807) is 6.08 Å². The first kappa shape index (κ1) is 21.3. The van der Waals surface area contributed by atoms with Crippen molar-refractivity contribution >= 4 is 55.8 Å². The molecule has 0 spiro atoms. The minimum absolute atomic E-state index is 0.0587. The Morgan fingerprint density at radius 3 is 2.79 bits per heavy atom. The predicted molar refractivity (Wildman–Crippen MR) is 113 cm³/mol. The molecule has 0 aliphatic carbocycles. The number of rotatable bonds is 7. The molecule has 0 atom stereocenters. The van der Waals surface area contributed by atoms with E-state index in [4.69, 9.17) is 11.6 Å². The van der Waals surface area contributed by atoms with Crippen LogP contribution < -0.4 is 5.32 Å². The minimum Gasteiger partial charge on any atom is -0.296 e. The summed E-state index contributed by atoms with van der Waals surface area (Å²) in [6.45, 7) is 4.62. The quantitative estimate of drug-likeness (QED) is 0.384. The molecule has 1 N–H and O–H groups in total. The highest BCUT2D eigenvalue weighted by Crippen LogP contribution is 2.28. The van der Waals surface area contributed by atoms with Gasteiger partial charge in [-0.05, 0) is 31.0 Å². The van der Waals surface area contributed by atoms with Crippen LogP contribution in [0.4, 0.5) is 5.13 Å². The second kappa shape index (κ2) is 9.36. The molecule has 0 saturated carbocycles. The number of hydrogen-bond donors (Lipinski definition) is 1. The van der Waals surface area contributed by atoms with Crippen molar-refractivity contribution < 1.29 is 13.2 Å². The van der Waals surface area contributed by atoms with Crippen molar-refractivity contribution in [2.45, 2.75) is 28.5 Å². The van der Waals surface area contributed by atoms with E-state index in [1.165, 1.54) is 45.6 Å². The fourth-order valence-electron chi connectivity index (χ4n) is 2.71. The highest BCUT2D eigenvalue weighted by molar-refractivity contribution is 8.01. The van der Waals surface area contributed by atoms with Crippen molar-refractivity contribution in [3.05, 3.63) is 41.4 Å². The standard InChI is InChI=1S/C17H19ClN4O3S3/c1-2-10-26-17-21-20-16(27-17)19-15(23)13-11-12(6-7-14(13)18)28(24,25)22-8-4-3-5-9-22/h2,6-7,11H,1,3-5,8-10H2,(H,19,20,23). The fraction of sp³-hybridized carbons (Fsp3) is 0.353. The van der Waals surface area contributed by atoms with Gasteiger partial charge in [0.15, 0.2) is 4.34 Å². The molecule has 1 amide bonds. The zero-order valence-electron chi connectivity index (χ0n) is 14.9. The average Bonchev–Trinajstić information content (AvgIpc) is 3.14. The van der Waals surface area contributed by atoms with E-state index in [2.05, 4.69) is 22.1 Å². The third-order valence-electron chi connectivity index (χ3n) is 4.09. The van der Waals surface area contributed by atoms with E-state index in [1.807, 2.05) is 0 Å². The topological polar surface area (TPSA) is 92.3 Å². The molecule has 1 aliphatic heterocycles. The molecule has 0 radical (unpaired) electrons. The van der Waals surface area contributed by atoms with Crippen molar-refractivity contribution in [2.75, 3.05) is 24.2 Å². The van der Waals surface area contributed by atoms with E-state index >= 15 is 0 Å². The summed E-state index contributed by atoms with van der Waals surface area (Å²) in [7, 11) is -3.66. The summed E-state index contributed by atoms with van der Waals surface area (Å²) < 4.78 is 27.9. The van der Waals surface area contributed by atoms with Crippen LogP contribution in [-0.4, -0.2) is 47.7 Å². The minimum atomic E-state index is -3.66. The van der Waals surface area contributed by atoms with Crippen LogP contribution in [0.5, 0.6) is 0 Å². The fourth-order valence-corrected chi connectivity index (χ4v) is 5.96. The first-order valence-electron chi connectivity index (χ1n) is 8.60. The Morgan fingerprint density at radius 2 is 2.07 bits per heavy atom. The Hall–Kier alpha value is -1.46. The number of amides is 1. The van der Waals surface area contributed by atoms with E-state index in [0.717, 1.165) is 19.3 Å². The number of hydrogen-bond acceptors (Lipinski definition) is 7. The lowest BCUT2D eigenvalue weighted by Gasteiger charge is -2.26. The van der Waals surface area contributed by atoms with Crippen molar-refractivity contribution in [2.24, 2.45) is 0 Å². The van der Waals surface area contributed by atoms with Crippen LogP contribution in [0.1, 0.15) is 29.6 Å². The van der Waals surface area contributed by atoms with Gasteiger partial charge in [0.05, 0.1) is 15.5 Å². The van der Waals surface area contributed by atoms with Crippen LogP contribution in [0.25, 0.3) is 0 Å². The summed E-state index contributed by atoms with van der Waals surface area (Å²) in [6, 6.07) is 4.17. The molecule has 0 bridgehead atoms. The van der Waals surface area contributed by atoms with Crippen molar-refractivity contribution in [1.82, 2.24) is 14.5 Å². The largest absolute Gasteiger partial charge is 0.296 e. The third kappa shape index (κ3) is 4.93. The highest BCUT2D eigenvalue weighted by Gasteiger charge is 2.27. The number of anilines is 1. The van der Waals surface area contributed by atoms with Gasteiger partial charge in [-0.25, -0.2) is 8.42 Å². The molecule has 7 nitrogen and oxygen atoms in total. The average molecular weight is 459 g/mol. The zero-order chi connectivity index (χ0) is 20.1. The number of carbonyl (C=O) groups excluding carboxylic acids is 1. The number of halogens is 1. The van der Waals surface area contributed by atoms with Crippen LogP contribution >= 0.6 is 34.7 Å². The lowest BCUT2D eigenvalue weighted by Crippen LogP contribution is -2.35. The Balaban J connectivity index is 1.79. The van der Waals surface area contributed by atoms with Crippen molar-refractivity contribution in [3.8, 4) is 0 Å². The molecule has 2 aromatic rings. The molecule has 1 saturated heterocycles. The van der Waals surface area contributed by atoms with Crippen molar-refractivity contribution in [1.29, 1.82) is 0 Å². The summed E-state index contributed by atoms with van der Waals surface area (Å²) in [6.07, 6.45) is 4.44. The number of thioether (sulfide) groups is 1. The molecular weight excluding hydrogens is 440 g/mol. The number of nitrogens with zero attached hydrogens (tertiary/aromatic N) is 3. The lowest BCUT2D eigenvalue weighted by molar-refractivity contribution is 0.102. The summed E-state index contributed by atoms with van der Waals surface area (Å²) in [5, 5.41) is 11.0. The van der Waals surface area contributed by atoms with E-state index < -0.39 is 15.9 Å². The number of aromatic nitrogens is 2. The number of nitrogens with one attached hydrogen (secondary N) is 1. The van der Waals surface area contributed by atoms with Gasteiger partial charge in [-0.1, -0.05) is 47.2 Å². The Morgan fingerprint density at radius 1 is 1.32 bits per heavy atom. The van der Waals surface area contributed by atoms with Gasteiger partial charge in [0.1, 0.15) is 0 Å². The van der Waals surface area contributed by atoms with Gasteiger partial charge in [-0.15, -0.1) is 16.8 Å². The molecular formula is C17H19ClN4O3S3. The van der Waals surface area contributed by atoms with Gasteiger partial charge < -0.3 is 0 Å². The van der Waals surface area contributed by atoms with Crippen LogP contribution in [0.2, 0.25) is 5.02 Å². The molecule has 1 aromatic carbocycles. The number of sulfonamides is 1. The molecule has 0 unspecified atom stereocenters. The van der Waals surface area contributed by atoms with Crippen molar-refractivity contribution in [3.63, 3.8) is 0 Å². The normalized spacial score (nSPS) is 15.3. The Kier molecular flexibility index (Phi) is 7.10. The summed E-state index contributed by atoms with van der Waals surface area (Å²) in [5.41, 5.74) is 0.0789. The van der Waals surface area contributed by atoms with Crippen LogP contribution in [0.3, 0.4) is 0 Å². The third-order valence-corrected chi connectivity index (χ3v) is 8.28. The molecule has 11 heteroatoms. The van der Waals surface area contributed by atoms with Crippen LogP contribution in [0, 0.1) is 0 Å². The van der Waals surface area contributed by atoms with E-state index in [0.29, 0.717) is 28.3 Å². The maximum Gasteiger partial charge on any atom is 0.259 e. The lowest BCUT2D eigenvalue weighted by atomic mass is 10.2. The molecule has 1 aliphatic rings. The van der Waals surface area contributed by atoms with Gasteiger partial charge in [-0.3, -0.25) is 10.1 Å². The van der Waals surface area contributed by atoms with Gasteiger partial charge in [0, 0.05) is 18.8 Å². The smallest absolute Gasteiger partial charge is 0.259 e. The number of carbonyl (C=O) groups is 1. The second-order valence-corrected chi connectivity index (χ2v) is 10.6. The van der Waals surface area contributed by atoms with E-state index in [9.17, 15) is 13.2 Å². The zero-order valence-corrected chi connectivity index (χ0v) is 18.1. The second-order valence-electron chi connectivity index (χ2n) is 6.03. The molecule has 1 aromatic heterocycles. The predicted octanol–water partition coefficient (Wildman–Crippen LogP) is 3.90. The summed E-state index contributed by atoms with van der Waals surface area (Å²) in [5.74, 6) is 0.155. The maximum absolute atomic E-state index is 12.9. The van der Waals surface area contributed by atoms with Crippen LogP contribution in [-0.2, 0) is 10.0 Å². The molecule has 28 heavy (non-hydrogen) atoms. The monoisotopic (exact) mass is 458 g/mol. The van der Waals surface area contributed by atoms with Gasteiger partial charge in [-0.2, -0.15) is 4.31 Å². The van der Waals surface area contributed by atoms with Gasteiger partial charge in [0.2, 0.25) is 15.2 Å². The first-order chi connectivity index (χ1) is 13.4. The first-order valence-corrected chi connectivity index (χ1v) is 12.2. The Bertz CT molecular complexity index is 972. The number of piperidine rings is 1. The van der Waals surface area contributed by atoms with E-state index in [-0.39, 0.29) is 15.5 Å². The SMILES string of the molecule is C=CCSc1nnc(NC(=O)c2cc(S(=O)(=O)N3CCCCC3)ccc2Cl)s1. The maximum atomic E-state index is 12.9.